The summed E-state index contributed by atoms with van der Waals surface area (Å²) in [5.41, 5.74) is -0.904. The van der Waals surface area contributed by atoms with E-state index in [9.17, 15) is 18.0 Å². The van der Waals surface area contributed by atoms with Gasteiger partial charge in [0, 0.05) is 19.1 Å². The van der Waals surface area contributed by atoms with Gasteiger partial charge in [-0.25, -0.2) is 13.2 Å². The molecule has 7 nitrogen and oxygen atoms in total. The number of rotatable bonds is 2. The second-order valence-electron chi connectivity index (χ2n) is 5.59. The van der Waals surface area contributed by atoms with Crippen LogP contribution in [0.1, 0.15) is 19.8 Å². The molecule has 0 aromatic carbocycles. The summed E-state index contributed by atoms with van der Waals surface area (Å²) < 4.78 is 22.6. The minimum atomic E-state index is -3.03. The molecule has 2 unspecified atom stereocenters. The van der Waals surface area contributed by atoms with Crippen LogP contribution in [-0.4, -0.2) is 61.1 Å². The molecule has 2 saturated heterocycles. The third-order valence-corrected chi connectivity index (χ3v) is 5.60. The van der Waals surface area contributed by atoms with Gasteiger partial charge in [0.2, 0.25) is 0 Å². The maximum absolute atomic E-state index is 11.9. The Hall–Kier alpha value is -1.31. The van der Waals surface area contributed by atoms with Crippen LogP contribution >= 0.6 is 0 Å². The number of carboxylic acid groups (broad SMARTS) is 1. The maximum Gasteiger partial charge on any atom is 0.317 e. The van der Waals surface area contributed by atoms with Gasteiger partial charge >= 0.3 is 12.0 Å². The van der Waals surface area contributed by atoms with Crippen molar-refractivity contribution in [2.24, 2.45) is 5.41 Å². The summed E-state index contributed by atoms with van der Waals surface area (Å²) in [6.45, 7) is 2.16. The largest absolute Gasteiger partial charge is 0.481 e. The number of amides is 2. The monoisotopic (exact) mass is 290 g/mol. The summed E-state index contributed by atoms with van der Waals surface area (Å²) >= 11 is 0. The number of hydrogen-bond donors (Lipinski definition) is 2. The average Bonchev–Trinajstić information content (AvgIpc) is 2.83. The number of aliphatic carboxylic acids is 1. The van der Waals surface area contributed by atoms with Gasteiger partial charge in [0.25, 0.3) is 0 Å². The van der Waals surface area contributed by atoms with Gasteiger partial charge in [0.1, 0.15) is 0 Å². The maximum atomic E-state index is 11.9. The van der Waals surface area contributed by atoms with Gasteiger partial charge in [-0.1, -0.05) is 0 Å². The van der Waals surface area contributed by atoms with Crippen molar-refractivity contribution in [1.82, 2.24) is 10.2 Å². The molecule has 2 heterocycles. The fourth-order valence-electron chi connectivity index (χ4n) is 2.48. The fourth-order valence-corrected chi connectivity index (χ4v) is 4.16. The summed E-state index contributed by atoms with van der Waals surface area (Å²) in [6.07, 6.45) is 0.844. The van der Waals surface area contributed by atoms with Crippen LogP contribution in [0, 0.1) is 5.41 Å². The van der Waals surface area contributed by atoms with Gasteiger partial charge in [-0.3, -0.25) is 4.79 Å². The van der Waals surface area contributed by atoms with Gasteiger partial charge in [-0.15, -0.1) is 0 Å². The highest BCUT2D eigenvalue weighted by Gasteiger charge is 2.42. The summed E-state index contributed by atoms with van der Waals surface area (Å²) in [7, 11) is -3.03. The molecule has 19 heavy (non-hydrogen) atoms. The quantitative estimate of drug-likeness (QED) is 0.725. The van der Waals surface area contributed by atoms with E-state index in [1.807, 2.05) is 0 Å². The highest BCUT2D eigenvalue weighted by atomic mass is 32.2. The van der Waals surface area contributed by atoms with Crippen molar-refractivity contribution in [3.05, 3.63) is 0 Å². The van der Waals surface area contributed by atoms with Crippen molar-refractivity contribution in [2.75, 3.05) is 24.6 Å². The lowest BCUT2D eigenvalue weighted by atomic mass is 9.90. The minimum Gasteiger partial charge on any atom is -0.481 e. The Bertz CT molecular complexity index is 503. The number of likely N-dealkylation sites (tertiary alicyclic amines) is 1. The highest BCUT2D eigenvalue weighted by molar-refractivity contribution is 7.91. The fraction of sp³-hybridized carbons (Fsp3) is 0.818. The zero-order chi connectivity index (χ0) is 14.3. The van der Waals surface area contributed by atoms with Crippen LogP contribution in [-0.2, 0) is 14.6 Å². The Kier molecular flexibility index (Phi) is 3.46. The Morgan fingerprint density at radius 2 is 2.11 bits per heavy atom. The summed E-state index contributed by atoms with van der Waals surface area (Å²) in [5.74, 6) is -0.834. The number of hydrogen-bond acceptors (Lipinski definition) is 4. The molecular weight excluding hydrogens is 272 g/mol. The number of carboxylic acids is 1. The molecule has 0 spiro atoms. The molecule has 2 aliphatic heterocycles. The molecular formula is C11H18N2O5S. The lowest BCUT2D eigenvalue weighted by Crippen LogP contribution is -2.45. The van der Waals surface area contributed by atoms with Crippen molar-refractivity contribution < 1.29 is 23.1 Å². The van der Waals surface area contributed by atoms with Crippen molar-refractivity contribution in [1.29, 1.82) is 0 Å². The number of nitrogens with one attached hydrogen (secondary N) is 1. The van der Waals surface area contributed by atoms with Gasteiger partial charge in [0.05, 0.1) is 16.9 Å². The van der Waals surface area contributed by atoms with E-state index in [2.05, 4.69) is 5.32 Å². The molecule has 2 amide bonds. The number of carbonyl (C=O) groups is 2. The molecule has 0 radical (unpaired) electrons. The third-order valence-electron chi connectivity index (χ3n) is 3.84. The van der Waals surface area contributed by atoms with Gasteiger partial charge in [0.15, 0.2) is 9.84 Å². The minimum absolute atomic E-state index is 0.0250. The summed E-state index contributed by atoms with van der Waals surface area (Å²) in [5, 5.41) is 11.8. The molecule has 2 aliphatic rings. The Labute approximate surface area is 111 Å². The summed E-state index contributed by atoms with van der Waals surface area (Å²) in [4.78, 5) is 24.5. The van der Waals surface area contributed by atoms with Crippen molar-refractivity contribution in [2.45, 2.75) is 25.8 Å². The van der Waals surface area contributed by atoms with E-state index in [1.165, 1.54) is 4.90 Å². The predicted molar refractivity (Wildman–Crippen MR) is 67.5 cm³/mol. The second kappa shape index (κ2) is 4.66. The third kappa shape index (κ3) is 2.99. The predicted octanol–water partition coefficient (Wildman–Crippen LogP) is -0.320. The lowest BCUT2D eigenvalue weighted by Gasteiger charge is -2.22. The Morgan fingerprint density at radius 1 is 1.42 bits per heavy atom. The number of urea groups is 1. The average molecular weight is 290 g/mol. The molecule has 2 N–H and O–H groups in total. The molecule has 0 aromatic rings. The Morgan fingerprint density at radius 3 is 2.58 bits per heavy atom. The van der Waals surface area contributed by atoms with E-state index in [4.69, 9.17) is 5.11 Å². The van der Waals surface area contributed by atoms with Crippen LogP contribution in [0.25, 0.3) is 0 Å². The normalized spacial score (nSPS) is 33.3. The van der Waals surface area contributed by atoms with E-state index in [-0.39, 0.29) is 30.1 Å². The Balaban J connectivity index is 1.91. The van der Waals surface area contributed by atoms with Gasteiger partial charge in [-0.05, 0) is 19.8 Å². The van der Waals surface area contributed by atoms with Crippen LogP contribution < -0.4 is 5.32 Å². The zero-order valence-corrected chi connectivity index (χ0v) is 11.6. The molecule has 0 saturated carbocycles. The summed E-state index contributed by atoms with van der Waals surface area (Å²) in [6, 6.07) is -0.721. The van der Waals surface area contributed by atoms with E-state index in [0.29, 0.717) is 19.4 Å². The first-order valence-corrected chi connectivity index (χ1v) is 8.03. The number of sulfone groups is 1. The standard InChI is InChI=1S/C11H18N2O5S/c1-11(9(14)15)3-4-13(7-11)10(16)12-8-2-5-19(17,18)6-8/h8H,2-7H2,1H3,(H,12,16)(H,14,15). The van der Waals surface area contributed by atoms with Gasteiger partial charge in [-0.2, -0.15) is 0 Å². The van der Waals surface area contributed by atoms with Crippen LogP contribution in [0.5, 0.6) is 0 Å². The van der Waals surface area contributed by atoms with E-state index >= 15 is 0 Å². The van der Waals surface area contributed by atoms with E-state index in [1.54, 1.807) is 6.92 Å². The van der Waals surface area contributed by atoms with E-state index in [0.717, 1.165) is 0 Å². The molecule has 0 bridgehead atoms. The topological polar surface area (TPSA) is 104 Å². The molecule has 0 aliphatic carbocycles. The zero-order valence-electron chi connectivity index (χ0n) is 10.8. The first-order chi connectivity index (χ1) is 8.72. The highest BCUT2D eigenvalue weighted by Crippen LogP contribution is 2.30. The molecule has 8 heteroatoms. The first-order valence-electron chi connectivity index (χ1n) is 6.21. The molecule has 0 aromatic heterocycles. The van der Waals surface area contributed by atoms with Crippen LogP contribution in [0.2, 0.25) is 0 Å². The van der Waals surface area contributed by atoms with Crippen molar-refractivity contribution >= 4 is 21.8 Å². The van der Waals surface area contributed by atoms with Crippen LogP contribution in [0.4, 0.5) is 4.79 Å². The number of nitrogens with zero attached hydrogens (tertiary/aromatic N) is 1. The van der Waals surface area contributed by atoms with Crippen LogP contribution in [0.3, 0.4) is 0 Å². The number of carbonyl (C=O) groups excluding carboxylic acids is 1. The molecule has 2 fully saturated rings. The van der Waals surface area contributed by atoms with Crippen molar-refractivity contribution in [3.8, 4) is 0 Å². The molecule has 2 atom stereocenters. The molecule has 2 rings (SSSR count). The first kappa shape index (κ1) is 14.1. The molecule has 108 valence electrons. The van der Waals surface area contributed by atoms with Gasteiger partial charge < -0.3 is 15.3 Å². The SMILES string of the molecule is CC1(C(=O)O)CCN(C(=O)NC2CCS(=O)(=O)C2)C1. The van der Waals surface area contributed by atoms with Crippen LogP contribution in [0.15, 0.2) is 0 Å². The second-order valence-corrected chi connectivity index (χ2v) is 7.82. The smallest absolute Gasteiger partial charge is 0.317 e. The lowest BCUT2D eigenvalue weighted by molar-refractivity contribution is -0.147. The van der Waals surface area contributed by atoms with Crippen molar-refractivity contribution in [3.63, 3.8) is 0 Å². The van der Waals surface area contributed by atoms with E-state index < -0.39 is 21.2 Å².